The molecule has 0 saturated carbocycles. The van der Waals surface area contributed by atoms with Crippen molar-refractivity contribution in [3.63, 3.8) is 0 Å². The number of para-hydroxylation sites is 3. The minimum absolute atomic E-state index is 0.299. The number of rotatable bonds is 4. The Kier molecular flexibility index (Phi) is 6.82. The molecule has 13 aromatic rings. The molecule has 5 aliphatic heterocycles. The number of anilines is 3. The average molecular weight is 930 g/mol. The summed E-state index contributed by atoms with van der Waals surface area (Å²) in [4.78, 5) is 2.66. The van der Waals surface area contributed by atoms with E-state index in [1.807, 2.05) is 0 Å². The zero-order valence-electron chi connectivity index (χ0n) is 40.1. The van der Waals surface area contributed by atoms with Gasteiger partial charge < -0.3 is 4.90 Å². The van der Waals surface area contributed by atoms with Gasteiger partial charge in [-0.3, -0.25) is 0 Å². The van der Waals surface area contributed by atoms with Crippen molar-refractivity contribution in [2.24, 2.45) is 0 Å². The Morgan fingerprint density at radius 2 is 0.808 bits per heavy atom. The van der Waals surface area contributed by atoms with E-state index in [0.717, 1.165) is 11.6 Å². The van der Waals surface area contributed by atoms with Crippen molar-refractivity contribution < 1.29 is 9.13 Å². The van der Waals surface area contributed by atoms with Crippen molar-refractivity contribution in [2.45, 2.75) is 24.9 Å². The molecular formula is C68H43N5+2. The predicted octanol–water partition coefficient (Wildman–Crippen LogP) is 15.5. The molecule has 1 atom stereocenters. The highest BCUT2D eigenvalue weighted by Crippen LogP contribution is 2.65. The second-order valence-corrected chi connectivity index (χ2v) is 21.3. The number of benzene rings is 9. The largest absolute Gasteiger partial charge is 0.319 e. The molecule has 0 amide bonds. The summed E-state index contributed by atoms with van der Waals surface area (Å²) in [5.74, 6) is 2.33. The van der Waals surface area contributed by atoms with Gasteiger partial charge in [-0.15, -0.1) is 0 Å². The molecule has 0 bridgehead atoms. The van der Waals surface area contributed by atoms with Crippen LogP contribution >= 0.6 is 0 Å². The Morgan fingerprint density at radius 1 is 0.342 bits per heavy atom. The van der Waals surface area contributed by atoms with E-state index in [4.69, 9.17) is 0 Å². The second kappa shape index (κ2) is 13.0. The fraction of sp³-hybridized carbons (Fsp3) is 0.0588. The summed E-state index contributed by atoms with van der Waals surface area (Å²) in [6, 6.07) is 84.7. The number of hydrogen-bond donors (Lipinski definition) is 0. The molecule has 5 aliphatic rings. The van der Waals surface area contributed by atoms with Gasteiger partial charge in [0.1, 0.15) is 22.2 Å². The van der Waals surface area contributed by atoms with E-state index in [0.29, 0.717) is 0 Å². The number of aromatic nitrogens is 4. The van der Waals surface area contributed by atoms with Gasteiger partial charge >= 0.3 is 5.66 Å². The van der Waals surface area contributed by atoms with E-state index in [-0.39, 0.29) is 5.41 Å². The third kappa shape index (κ3) is 4.41. The Bertz CT molecular complexity index is 4650. The molecule has 0 saturated heterocycles. The lowest BCUT2D eigenvalue weighted by Crippen LogP contribution is -2.76. The summed E-state index contributed by atoms with van der Waals surface area (Å²) in [6.45, 7) is 4.89. The summed E-state index contributed by atoms with van der Waals surface area (Å²) in [6.07, 6.45) is 0. The molecule has 9 aromatic carbocycles. The molecule has 0 aliphatic carbocycles. The van der Waals surface area contributed by atoms with Crippen LogP contribution in [0.4, 0.5) is 17.1 Å². The van der Waals surface area contributed by atoms with Crippen LogP contribution < -0.4 is 14.0 Å². The smallest absolute Gasteiger partial charge is 0.308 e. The fourth-order valence-electron chi connectivity index (χ4n) is 14.4. The van der Waals surface area contributed by atoms with E-state index in [1.165, 1.54) is 139 Å². The third-order valence-corrected chi connectivity index (χ3v) is 17.5. The summed E-state index contributed by atoms with van der Waals surface area (Å²) < 4.78 is 10.8. The number of nitrogens with zero attached hydrogens (tertiary/aromatic N) is 5. The average Bonchev–Trinajstić information content (AvgIpc) is 4.13. The van der Waals surface area contributed by atoms with Crippen LogP contribution in [-0.4, -0.2) is 9.13 Å². The van der Waals surface area contributed by atoms with Crippen LogP contribution in [0, 0.1) is 0 Å². The molecule has 18 rings (SSSR count). The molecule has 73 heavy (non-hydrogen) atoms. The monoisotopic (exact) mass is 929 g/mol. The van der Waals surface area contributed by atoms with Crippen LogP contribution in [0.1, 0.15) is 36.1 Å². The minimum Gasteiger partial charge on any atom is -0.308 e. The van der Waals surface area contributed by atoms with Crippen LogP contribution in [0.2, 0.25) is 0 Å². The molecule has 4 aromatic heterocycles. The number of fused-ring (bicyclic) bond motifs is 12. The van der Waals surface area contributed by atoms with E-state index >= 15 is 0 Å². The summed E-state index contributed by atoms with van der Waals surface area (Å²) in [5.41, 5.74) is 25.0. The van der Waals surface area contributed by atoms with Crippen LogP contribution in [-0.2, 0) is 11.1 Å². The van der Waals surface area contributed by atoms with Crippen molar-refractivity contribution in [3.05, 3.63) is 247 Å². The highest BCUT2D eigenvalue weighted by molar-refractivity contribution is 6.18. The normalized spacial score (nSPS) is 16.2. The van der Waals surface area contributed by atoms with Gasteiger partial charge in [0, 0.05) is 39.1 Å². The quantitative estimate of drug-likeness (QED) is 0.161. The Morgan fingerprint density at radius 3 is 1.38 bits per heavy atom. The van der Waals surface area contributed by atoms with Gasteiger partial charge in [0.15, 0.2) is 22.4 Å². The minimum atomic E-state index is -0.799. The van der Waals surface area contributed by atoms with Gasteiger partial charge in [0.25, 0.3) is 11.6 Å². The van der Waals surface area contributed by atoms with Crippen molar-refractivity contribution in [1.82, 2.24) is 9.13 Å². The maximum absolute atomic E-state index is 2.77. The van der Waals surface area contributed by atoms with E-state index in [9.17, 15) is 0 Å². The maximum Gasteiger partial charge on any atom is 0.319 e. The van der Waals surface area contributed by atoms with Crippen molar-refractivity contribution >= 4 is 60.7 Å². The second-order valence-electron chi connectivity index (χ2n) is 21.3. The molecule has 0 N–H and O–H groups in total. The zero-order valence-corrected chi connectivity index (χ0v) is 40.1. The Hall–Kier alpha value is -9.32. The molecule has 1 unspecified atom stereocenters. The van der Waals surface area contributed by atoms with Crippen LogP contribution in [0.5, 0.6) is 0 Å². The first-order valence-corrected chi connectivity index (χ1v) is 25.6. The maximum atomic E-state index is 2.77. The summed E-state index contributed by atoms with van der Waals surface area (Å²) in [5, 5.41) is 5.10. The van der Waals surface area contributed by atoms with Crippen molar-refractivity contribution in [2.75, 3.05) is 4.90 Å². The van der Waals surface area contributed by atoms with E-state index in [1.54, 1.807) is 0 Å². The first-order valence-electron chi connectivity index (χ1n) is 25.6. The molecule has 5 heteroatoms. The lowest BCUT2D eigenvalue weighted by molar-refractivity contribution is -0.934. The Balaban J connectivity index is 1.05. The molecule has 5 nitrogen and oxygen atoms in total. The molecule has 1 spiro atoms. The predicted molar refractivity (Wildman–Crippen MR) is 295 cm³/mol. The third-order valence-electron chi connectivity index (χ3n) is 17.5. The molecule has 0 fully saturated rings. The van der Waals surface area contributed by atoms with Crippen LogP contribution in [0.15, 0.2) is 224 Å². The highest BCUT2D eigenvalue weighted by atomic mass is 15.4. The first kappa shape index (κ1) is 38.4. The lowest BCUT2D eigenvalue weighted by atomic mass is 9.68. The highest BCUT2D eigenvalue weighted by Gasteiger charge is 2.70. The van der Waals surface area contributed by atoms with E-state index in [2.05, 4.69) is 261 Å². The molecule has 9 heterocycles. The number of pyridine rings is 2. The summed E-state index contributed by atoms with van der Waals surface area (Å²) in [7, 11) is 0. The fourth-order valence-corrected chi connectivity index (χ4v) is 14.4. The Labute approximate surface area is 421 Å². The van der Waals surface area contributed by atoms with Gasteiger partial charge in [-0.2, -0.15) is 18.3 Å². The summed E-state index contributed by atoms with van der Waals surface area (Å²) >= 11 is 0. The van der Waals surface area contributed by atoms with Gasteiger partial charge in [-0.25, -0.2) is 0 Å². The molecule has 0 radical (unpaired) electrons. The van der Waals surface area contributed by atoms with Gasteiger partial charge in [-0.1, -0.05) is 166 Å². The number of hydrogen-bond acceptors (Lipinski definition) is 1. The standard InChI is InChI=1S/C68H43N5/c1-67(2)52-21-11-14-24-56(52)69-57-34-33-50-48-19-9-12-22-54(48)70-60-37-46(44-29-25-42(26-30-44)40-15-5-3-6-16-40)35-58-59-36-47(45-31-27-43(28-32-45)41-17-7-4-8-18-41)38-61-71-55-23-13-10-20-49(55)51-39-53(67)66(69)63(65(51)71)68(72(58)60,73(59)61)62(57)64(50)70/h3-39H,1-2H3/q+2. The van der Waals surface area contributed by atoms with Crippen molar-refractivity contribution in [3.8, 4) is 67.5 Å². The SMILES string of the molecule is CC1(C)c2ccccc2N2c3ccc4c5ccccc5n5c4c3C34c6c2c1cc1c2ccccc2n(c61)-c1cc(-c2ccc(-c6ccccc6)cc2)cc([n+]13)-c1cc(-c2ccc(-c3ccccc3)cc2)cc-5[n+]14. The van der Waals surface area contributed by atoms with Gasteiger partial charge in [-0.05, 0) is 116 Å². The molecular weight excluding hydrogens is 887 g/mol. The van der Waals surface area contributed by atoms with Crippen LogP contribution in [0.3, 0.4) is 0 Å². The van der Waals surface area contributed by atoms with Gasteiger partial charge in [0.05, 0.1) is 17.1 Å². The topological polar surface area (TPSA) is 20.9 Å². The molecule has 338 valence electrons. The lowest BCUT2D eigenvalue weighted by Gasteiger charge is -2.49. The van der Waals surface area contributed by atoms with Crippen molar-refractivity contribution in [1.29, 1.82) is 0 Å². The first-order chi connectivity index (χ1) is 36.0. The van der Waals surface area contributed by atoms with Gasteiger partial charge in [0.2, 0.25) is 0 Å². The van der Waals surface area contributed by atoms with Crippen LogP contribution in [0.25, 0.3) is 111 Å². The van der Waals surface area contributed by atoms with E-state index < -0.39 is 5.66 Å². The zero-order chi connectivity index (χ0) is 47.6.